The molecule has 1 unspecified atom stereocenters. The van der Waals surface area contributed by atoms with Crippen molar-refractivity contribution in [3.05, 3.63) is 77.0 Å². The zero-order valence-electron chi connectivity index (χ0n) is 27.2. The van der Waals surface area contributed by atoms with Crippen molar-refractivity contribution in [2.45, 2.75) is 65.5 Å². The first-order valence-electron chi connectivity index (χ1n) is 15.2. The highest BCUT2D eigenvalue weighted by molar-refractivity contribution is 6.09. The van der Waals surface area contributed by atoms with Gasteiger partial charge in [0.2, 0.25) is 17.7 Å². The number of fused-ring (bicyclic) bond motifs is 1. The number of aromatic nitrogens is 2. The van der Waals surface area contributed by atoms with Crippen molar-refractivity contribution in [2.24, 2.45) is 0 Å². The second-order valence-corrected chi connectivity index (χ2v) is 11.9. The summed E-state index contributed by atoms with van der Waals surface area (Å²) in [6.45, 7) is 9.12. The van der Waals surface area contributed by atoms with Crippen LogP contribution in [-0.4, -0.2) is 71.2 Å². The van der Waals surface area contributed by atoms with Crippen molar-refractivity contribution in [1.29, 1.82) is 0 Å². The zero-order chi connectivity index (χ0) is 33.4. The highest BCUT2D eigenvalue weighted by Crippen LogP contribution is 2.33. The van der Waals surface area contributed by atoms with Crippen LogP contribution < -0.4 is 15.0 Å². The van der Waals surface area contributed by atoms with E-state index in [0.29, 0.717) is 42.3 Å². The molecule has 244 valence electrons. The largest absolute Gasteiger partial charge is 0.478 e. The molecule has 4 rings (SSSR count). The Morgan fingerprint density at radius 1 is 1.04 bits per heavy atom. The Kier molecular flexibility index (Phi) is 10.9. The molecule has 1 N–H and O–H groups in total. The summed E-state index contributed by atoms with van der Waals surface area (Å²) >= 11 is 0. The van der Waals surface area contributed by atoms with Crippen LogP contribution in [0.4, 0.5) is 16.4 Å². The van der Waals surface area contributed by atoms with E-state index in [2.05, 4.69) is 15.3 Å². The van der Waals surface area contributed by atoms with Crippen molar-refractivity contribution in [2.75, 3.05) is 37.0 Å². The highest BCUT2D eigenvalue weighted by Gasteiger charge is 2.36. The fourth-order valence-corrected chi connectivity index (χ4v) is 5.05. The molecule has 1 atom stereocenters. The van der Waals surface area contributed by atoms with Crippen molar-refractivity contribution < 1.29 is 33.4 Å². The minimum absolute atomic E-state index is 0.0773. The van der Waals surface area contributed by atoms with Crippen LogP contribution in [0.25, 0.3) is 0 Å². The molecule has 0 bridgehead atoms. The van der Waals surface area contributed by atoms with Crippen molar-refractivity contribution in [3.8, 4) is 5.88 Å². The summed E-state index contributed by atoms with van der Waals surface area (Å²) in [5, 5.41) is 2.53. The van der Waals surface area contributed by atoms with Crippen LogP contribution in [0, 0.1) is 6.92 Å². The number of benzene rings is 2. The molecule has 1 aromatic heterocycles. The lowest BCUT2D eigenvalue weighted by atomic mass is 9.99. The van der Waals surface area contributed by atoms with E-state index < -0.39 is 23.7 Å². The van der Waals surface area contributed by atoms with E-state index in [-0.39, 0.29) is 37.3 Å². The number of hydrogen-bond donors (Lipinski definition) is 1. The second kappa shape index (κ2) is 14.9. The number of likely N-dealkylation sites (N-methyl/N-ethyl adjacent to an activating group) is 1. The van der Waals surface area contributed by atoms with Gasteiger partial charge < -0.3 is 24.0 Å². The number of nitrogens with zero attached hydrogens (tertiary/aromatic N) is 4. The first-order valence-corrected chi connectivity index (χ1v) is 15.2. The Bertz CT molecular complexity index is 1570. The van der Waals surface area contributed by atoms with Gasteiger partial charge in [0.05, 0.1) is 36.9 Å². The predicted molar refractivity (Wildman–Crippen MR) is 172 cm³/mol. The van der Waals surface area contributed by atoms with E-state index in [1.165, 1.54) is 9.80 Å². The summed E-state index contributed by atoms with van der Waals surface area (Å²) in [5.74, 6) is -0.674. The van der Waals surface area contributed by atoms with Crippen LogP contribution in [0.1, 0.15) is 73.8 Å². The van der Waals surface area contributed by atoms with Gasteiger partial charge in [0, 0.05) is 18.8 Å². The molecular weight excluding hydrogens is 590 g/mol. The number of esters is 1. The summed E-state index contributed by atoms with van der Waals surface area (Å²) in [5.41, 5.74) is 2.44. The monoisotopic (exact) mass is 631 g/mol. The molecule has 1 aliphatic rings. The SMILES string of the molecule is CCOC(=O)CC(c1ccccc1)N1CC(=O)N(C)c2ccc(CCCOc3cc(C)nc(NC(=O)OC(C)(C)C)n3)cc2C1=O. The third kappa shape index (κ3) is 9.02. The lowest BCUT2D eigenvalue weighted by Gasteiger charge is -2.30. The molecule has 1 aliphatic heterocycles. The van der Waals surface area contributed by atoms with Crippen molar-refractivity contribution in [3.63, 3.8) is 0 Å². The maximum atomic E-state index is 14.1. The number of rotatable bonds is 11. The number of anilines is 2. The van der Waals surface area contributed by atoms with Gasteiger partial charge in [-0.25, -0.2) is 9.78 Å². The van der Waals surface area contributed by atoms with E-state index in [1.807, 2.05) is 36.4 Å². The van der Waals surface area contributed by atoms with Gasteiger partial charge in [-0.2, -0.15) is 4.98 Å². The molecule has 0 spiro atoms. The lowest BCUT2D eigenvalue weighted by Crippen LogP contribution is -2.41. The van der Waals surface area contributed by atoms with E-state index in [1.54, 1.807) is 59.9 Å². The number of carbonyl (C=O) groups is 4. The Morgan fingerprint density at radius 3 is 2.48 bits per heavy atom. The normalized spacial score (nSPS) is 13.9. The molecule has 2 heterocycles. The van der Waals surface area contributed by atoms with Gasteiger partial charge in [-0.1, -0.05) is 36.4 Å². The minimum Gasteiger partial charge on any atom is -0.478 e. The molecule has 2 aromatic carbocycles. The maximum Gasteiger partial charge on any atom is 0.414 e. The Balaban J connectivity index is 1.48. The first-order chi connectivity index (χ1) is 21.8. The smallest absolute Gasteiger partial charge is 0.414 e. The third-order valence-electron chi connectivity index (χ3n) is 7.12. The van der Waals surface area contributed by atoms with Crippen molar-refractivity contribution in [1.82, 2.24) is 14.9 Å². The quantitative estimate of drug-likeness (QED) is 0.222. The average Bonchev–Trinajstić information content (AvgIpc) is 3.07. The van der Waals surface area contributed by atoms with Gasteiger partial charge in [-0.15, -0.1) is 0 Å². The average molecular weight is 632 g/mol. The van der Waals surface area contributed by atoms with Gasteiger partial charge in [0.15, 0.2) is 0 Å². The number of carbonyl (C=O) groups excluding carboxylic acids is 4. The summed E-state index contributed by atoms with van der Waals surface area (Å²) in [6, 6.07) is 15.6. The lowest BCUT2D eigenvalue weighted by molar-refractivity contribution is -0.144. The number of ether oxygens (including phenoxy) is 3. The van der Waals surface area contributed by atoms with Gasteiger partial charge in [-0.05, 0) is 70.7 Å². The topological polar surface area (TPSA) is 140 Å². The number of amides is 3. The second-order valence-electron chi connectivity index (χ2n) is 11.9. The molecule has 3 amide bonds. The molecule has 0 saturated heterocycles. The van der Waals surface area contributed by atoms with Crippen LogP contribution in [-0.2, 0) is 25.5 Å². The van der Waals surface area contributed by atoms with E-state index in [0.717, 1.165) is 11.1 Å². The zero-order valence-corrected chi connectivity index (χ0v) is 27.2. The van der Waals surface area contributed by atoms with Crippen LogP contribution in [0.5, 0.6) is 5.88 Å². The summed E-state index contributed by atoms with van der Waals surface area (Å²) in [7, 11) is 1.64. The van der Waals surface area contributed by atoms with Crippen LogP contribution in [0.15, 0.2) is 54.6 Å². The Morgan fingerprint density at radius 2 is 1.78 bits per heavy atom. The highest BCUT2D eigenvalue weighted by atomic mass is 16.6. The van der Waals surface area contributed by atoms with E-state index in [4.69, 9.17) is 14.2 Å². The summed E-state index contributed by atoms with van der Waals surface area (Å²) in [4.78, 5) is 63.5. The molecule has 12 heteroatoms. The molecular formula is C34H41N5O7. The molecule has 0 saturated carbocycles. The predicted octanol–water partition coefficient (Wildman–Crippen LogP) is 5.26. The number of hydrogen-bond acceptors (Lipinski definition) is 9. The van der Waals surface area contributed by atoms with Gasteiger partial charge >= 0.3 is 12.1 Å². The van der Waals surface area contributed by atoms with Crippen LogP contribution >= 0.6 is 0 Å². The molecule has 0 radical (unpaired) electrons. The van der Waals surface area contributed by atoms with Crippen molar-refractivity contribution >= 4 is 35.5 Å². The van der Waals surface area contributed by atoms with Gasteiger partial charge in [0.25, 0.3) is 5.91 Å². The van der Waals surface area contributed by atoms with E-state index >= 15 is 0 Å². The van der Waals surface area contributed by atoms with Crippen LogP contribution in [0.2, 0.25) is 0 Å². The molecule has 12 nitrogen and oxygen atoms in total. The standard InChI is InChI=1S/C34H41N5O7/c1-7-44-30(41)20-27(24-13-9-8-10-14-24)39-21-29(40)38(6)26-16-15-23(19-25(26)31(39)42)12-11-17-45-28-18-22(2)35-32(36-28)37-33(43)46-34(3,4)5/h8-10,13-16,18-19,27H,7,11-12,17,20-21H2,1-6H3,(H,35,36,37,43). The molecule has 0 fully saturated rings. The Hall–Kier alpha value is -5.00. The first kappa shape index (κ1) is 33.9. The molecule has 0 aliphatic carbocycles. The van der Waals surface area contributed by atoms with Crippen LogP contribution in [0.3, 0.4) is 0 Å². The van der Waals surface area contributed by atoms with Gasteiger partial charge in [-0.3, -0.25) is 19.7 Å². The Labute approximate surface area is 269 Å². The summed E-state index contributed by atoms with van der Waals surface area (Å²) in [6.07, 6.45) is 0.434. The number of aryl methyl sites for hydroxylation is 2. The minimum atomic E-state index is -0.681. The fraction of sp³-hybridized carbons (Fsp3) is 0.412. The molecule has 3 aromatic rings. The summed E-state index contributed by atoms with van der Waals surface area (Å²) < 4.78 is 16.3. The fourth-order valence-electron chi connectivity index (χ4n) is 5.05. The van der Waals surface area contributed by atoms with E-state index in [9.17, 15) is 19.2 Å². The number of nitrogens with one attached hydrogen (secondary N) is 1. The molecule has 46 heavy (non-hydrogen) atoms. The maximum absolute atomic E-state index is 14.1. The van der Waals surface area contributed by atoms with Gasteiger partial charge in [0.1, 0.15) is 12.1 Å². The third-order valence-corrected chi connectivity index (χ3v) is 7.12.